The average molecular weight is 227 g/mol. The van der Waals surface area contributed by atoms with Gasteiger partial charge in [-0.2, -0.15) is 0 Å². The summed E-state index contributed by atoms with van der Waals surface area (Å²) in [7, 11) is 0. The maximum Gasteiger partial charge on any atom is 0.0746 e. The number of rotatable bonds is 2. The van der Waals surface area contributed by atoms with Crippen LogP contribution in [0.1, 0.15) is 12.5 Å². The van der Waals surface area contributed by atoms with Crippen LogP contribution in [0.2, 0.25) is 0 Å². The van der Waals surface area contributed by atoms with Crippen molar-refractivity contribution < 1.29 is 0 Å². The van der Waals surface area contributed by atoms with E-state index in [1.165, 1.54) is 10.9 Å². The molecule has 0 atom stereocenters. The van der Waals surface area contributed by atoms with Crippen LogP contribution in [0.5, 0.6) is 0 Å². The van der Waals surface area contributed by atoms with Gasteiger partial charge in [0.05, 0.1) is 5.52 Å². The fraction of sp³-hybridized carbons (Fsp3) is 0.357. The van der Waals surface area contributed by atoms with Crippen molar-refractivity contribution in [3.8, 4) is 0 Å². The number of benzene rings is 1. The van der Waals surface area contributed by atoms with Crippen molar-refractivity contribution in [2.45, 2.75) is 19.0 Å². The first-order valence-electron chi connectivity index (χ1n) is 5.98. The number of para-hydroxylation sites is 1. The van der Waals surface area contributed by atoms with E-state index in [1.54, 1.807) is 0 Å². The largest absolute Gasteiger partial charge is 0.323 e. The molecule has 1 aromatic heterocycles. The second-order valence-corrected chi connectivity index (χ2v) is 5.29. The Morgan fingerprint density at radius 1 is 1.29 bits per heavy atom. The fourth-order valence-corrected chi connectivity index (χ4v) is 2.62. The van der Waals surface area contributed by atoms with Crippen LogP contribution in [-0.2, 0) is 6.54 Å². The second kappa shape index (κ2) is 3.79. The Morgan fingerprint density at radius 2 is 2.06 bits per heavy atom. The fourth-order valence-electron chi connectivity index (χ4n) is 2.62. The van der Waals surface area contributed by atoms with Gasteiger partial charge < -0.3 is 5.73 Å². The maximum atomic E-state index is 6.02. The summed E-state index contributed by atoms with van der Waals surface area (Å²) in [4.78, 5) is 6.84. The lowest BCUT2D eigenvalue weighted by Gasteiger charge is -2.45. The smallest absolute Gasteiger partial charge is 0.0746 e. The highest BCUT2D eigenvalue weighted by Gasteiger charge is 2.34. The Labute approximate surface area is 101 Å². The van der Waals surface area contributed by atoms with Gasteiger partial charge in [-0.05, 0) is 18.6 Å². The molecular formula is C14H17N3. The van der Waals surface area contributed by atoms with E-state index < -0.39 is 0 Å². The van der Waals surface area contributed by atoms with Gasteiger partial charge in [0, 0.05) is 36.8 Å². The highest BCUT2D eigenvalue weighted by atomic mass is 15.2. The maximum absolute atomic E-state index is 6.02. The summed E-state index contributed by atoms with van der Waals surface area (Å²) in [6.07, 6.45) is 1.86. The number of pyridine rings is 1. The van der Waals surface area contributed by atoms with E-state index in [1.807, 2.05) is 12.3 Å². The SMILES string of the molecule is CC1(N)CN(Cc2cccc3cccnc23)C1. The number of nitrogens with two attached hydrogens (primary N) is 1. The molecule has 1 aliphatic heterocycles. The highest BCUT2D eigenvalue weighted by molar-refractivity contribution is 5.81. The van der Waals surface area contributed by atoms with Gasteiger partial charge in [-0.3, -0.25) is 9.88 Å². The summed E-state index contributed by atoms with van der Waals surface area (Å²) < 4.78 is 0. The third-order valence-electron chi connectivity index (χ3n) is 3.28. The summed E-state index contributed by atoms with van der Waals surface area (Å²) in [5.41, 5.74) is 8.42. The lowest BCUT2D eigenvalue weighted by Crippen LogP contribution is -2.64. The molecule has 3 rings (SSSR count). The molecule has 17 heavy (non-hydrogen) atoms. The molecule has 88 valence electrons. The van der Waals surface area contributed by atoms with E-state index in [9.17, 15) is 0 Å². The average Bonchev–Trinajstić information content (AvgIpc) is 2.27. The second-order valence-electron chi connectivity index (χ2n) is 5.29. The Kier molecular flexibility index (Phi) is 2.38. The molecule has 0 spiro atoms. The van der Waals surface area contributed by atoms with Crippen LogP contribution >= 0.6 is 0 Å². The van der Waals surface area contributed by atoms with E-state index in [-0.39, 0.29) is 5.54 Å². The van der Waals surface area contributed by atoms with Gasteiger partial charge in [0.1, 0.15) is 0 Å². The van der Waals surface area contributed by atoms with E-state index in [2.05, 4.69) is 41.1 Å². The number of hydrogen-bond donors (Lipinski definition) is 1. The molecule has 0 bridgehead atoms. The van der Waals surface area contributed by atoms with Crippen molar-refractivity contribution >= 4 is 10.9 Å². The van der Waals surface area contributed by atoms with Gasteiger partial charge in [-0.15, -0.1) is 0 Å². The zero-order valence-corrected chi connectivity index (χ0v) is 10.1. The van der Waals surface area contributed by atoms with Crippen molar-refractivity contribution in [3.63, 3.8) is 0 Å². The molecule has 0 aliphatic carbocycles. The molecule has 1 aliphatic rings. The molecule has 0 amide bonds. The molecule has 1 fully saturated rings. The molecule has 2 aromatic rings. The number of hydrogen-bond acceptors (Lipinski definition) is 3. The van der Waals surface area contributed by atoms with E-state index >= 15 is 0 Å². The summed E-state index contributed by atoms with van der Waals surface area (Å²) in [6.45, 7) is 4.98. The normalized spacial score (nSPS) is 19.2. The Bertz CT molecular complexity index is 535. The first kappa shape index (κ1) is 10.7. The van der Waals surface area contributed by atoms with E-state index in [0.717, 1.165) is 25.2 Å². The first-order chi connectivity index (χ1) is 8.14. The van der Waals surface area contributed by atoms with Crippen LogP contribution < -0.4 is 5.73 Å². The van der Waals surface area contributed by atoms with Gasteiger partial charge >= 0.3 is 0 Å². The summed E-state index contributed by atoms with van der Waals surface area (Å²) in [5, 5.41) is 1.21. The molecule has 0 radical (unpaired) electrons. The van der Waals surface area contributed by atoms with Crippen molar-refractivity contribution in [2.24, 2.45) is 5.73 Å². The minimum Gasteiger partial charge on any atom is -0.323 e. The standard InChI is InChI=1S/C14H17N3/c1-14(15)9-17(10-14)8-12-5-2-4-11-6-3-7-16-13(11)12/h2-7H,8-10,15H2,1H3. The molecule has 3 nitrogen and oxygen atoms in total. The van der Waals surface area contributed by atoms with Gasteiger partial charge in [0.15, 0.2) is 0 Å². The predicted octanol–water partition coefficient (Wildman–Crippen LogP) is 1.77. The van der Waals surface area contributed by atoms with E-state index in [4.69, 9.17) is 5.73 Å². The monoisotopic (exact) mass is 227 g/mol. The number of nitrogens with zero attached hydrogens (tertiary/aromatic N) is 2. The molecule has 0 saturated carbocycles. The Balaban J connectivity index is 1.86. The topological polar surface area (TPSA) is 42.1 Å². The molecule has 3 heteroatoms. The minimum atomic E-state index is -0.00197. The quantitative estimate of drug-likeness (QED) is 0.850. The van der Waals surface area contributed by atoms with Gasteiger partial charge in [0.25, 0.3) is 0 Å². The Hall–Kier alpha value is -1.45. The Morgan fingerprint density at radius 3 is 2.82 bits per heavy atom. The summed E-state index contributed by atoms with van der Waals surface area (Å²) >= 11 is 0. The third kappa shape index (κ3) is 2.04. The van der Waals surface area contributed by atoms with Crippen molar-refractivity contribution in [3.05, 3.63) is 42.1 Å². The zero-order valence-electron chi connectivity index (χ0n) is 10.1. The minimum absolute atomic E-state index is 0.00197. The first-order valence-corrected chi connectivity index (χ1v) is 5.98. The van der Waals surface area contributed by atoms with Crippen LogP contribution in [0.15, 0.2) is 36.5 Å². The zero-order chi connectivity index (χ0) is 11.9. The van der Waals surface area contributed by atoms with Crippen LogP contribution in [0, 0.1) is 0 Å². The molecule has 1 saturated heterocycles. The number of fused-ring (bicyclic) bond motifs is 1. The molecule has 0 unspecified atom stereocenters. The molecule has 2 heterocycles. The lowest BCUT2D eigenvalue weighted by molar-refractivity contribution is 0.0768. The molecule has 2 N–H and O–H groups in total. The van der Waals surface area contributed by atoms with Crippen molar-refractivity contribution in [1.82, 2.24) is 9.88 Å². The van der Waals surface area contributed by atoms with Crippen LogP contribution in [0.4, 0.5) is 0 Å². The highest BCUT2D eigenvalue weighted by Crippen LogP contribution is 2.23. The predicted molar refractivity (Wildman–Crippen MR) is 69.6 cm³/mol. The third-order valence-corrected chi connectivity index (χ3v) is 3.28. The van der Waals surface area contributed by atoms with Gasteiger partial charge in [0.2, 0.25) is 0 Å². The van der Waals surface area contributed by atoms with Gasteiger partial charge in [-0.1, -0.05) is 24.3 Å². The number of aromatic nitrogens is 1. The van der Waals surface area contributed by atoms with Crippen LogP contribution in [0.25, 0.3) is 10.9 Å². The molecule has 1 aromatic carbocycles. The van der Waals surface area contributed by atoms with Crippen molar-refractivity contribution in [1.29, 1.82) is 0 Å². The van der Waals surface area contributed by atoms with Crippen LogP contribution in [0.3, 0.4) is 0 Å². The van der Waals surface area contributed by atoms with E-state index in [0.29, 0.717) is 0 Å². The van der Waals surface area contributed by atoms with Crippen molar-refractivity contribution in [2.75, 3.05) is 13.1 Å². The number of likely N-dealkylation sites (tertiary alicyclic amines) is 1. The summed E-state index contributed by atoms with van der Waals surface area (Å²) in [6, 6.07) is 10.4. The summed E-state index contributed by atoms with van der Waals surface area (Å²) in [5.74, 6) is 0. The molecular weight excluding hydrogens is 210 g/mol. The lowest BCUT2D eigenvalue weighted by atomic mass is 9.93. The van der Waals surface area contributed by atoms with Gasteiger partial charge in [-0.25, -0.2) is 0 Å². The van der Waals surface area contributed by atoms with Crippen LogP contribution in [-0.4, -0.2) is 28.5 Å².